The van der Waals surface area contributed by atoms with E-state index in [0.29, 0.717) is 31.2 Å². The number of aliphatic imine (C=N–C) groups is 1. The highest BCUT2D eigenvalue weighted by Gasteiger charge is 2.34. The molecular weight excluding hydrogens is 351 g/mol. The number of ether oxygens (including phenoxy) is 1. The van der Waals surface area contributed by atoms with Crippen molar-refractivity contribution >= 4 is 12.1 Å². The zero-order valence-electron chi connectivity index (χ0n) is 16.3. The Hall–Kier alpha value is -2.35. The number of aliphatic hydroxyl groups is 1. The number of hydrogen-bond donors (Lipinski definition) is 3. The standard InChI is InChI=1S/C19H29FN4O3/c1-5-21-17(22-10-16(25)13-6-8-14(20)9-7-13)23-15-11-24(12-15)18(26)27-19(2,3)4/h6-9,15-16,25H,5,10-12H2,1-4H3,(H2,21,22,23). The Bertz CT molecular complexity index is 652. The molecule has 7 nitrogen and oxygen atoms in total. The molecule has 0 bridgehead atoms. The Labute approximate surface area is 159 Å². The first-order chi connectivity index (χ1) is 12.7. The van der Waals surface area contributed by atoms with Gasteiger partial charge in [-0.1, -0.05) is 12.1 Å². The summed E-state index contributed by atoms with van der Waals surface area (Å²) in [5.74, 6) is 0.219. The van der Waals surface area contributed by atoms with Gasteiger partial charge in [-0.05, 0) is 45.4 Å². The van der Waals surface area contributed by atoms with E-state index >= 15 is 0 Å². The molecule has 0 aromatic heterocycles. The summed E-state index contributed by atoms with van der Waals surface area (Å²) in [4.78, 5) is 18.0. The number of benzene rings is 1. The van der Waals surface area contributed by atoms with E-state index < -0.39 is 11.7 Å². The lowest BCUT2D eigenvalue weighted by Gasteiger charge is -2.40. The predicted molar refractivity (Wildman–Crippen MR) is 102 cm³/mol. The Balaban J connectivity index is 1.84. The molecule has 0 saturated carbocycles. The summed E-state index contributed by atoms with van der Waals surface area (Å²) >= 11 is 0. The predicted octanol–water partition coefficient (Wildman–Crippen LogP) is 2.03. The lowest BCUT2D eigenvalue weighted by atomic mass is 10.1. The molecule has 1 atom stereocenters. The number of halogens is 1. The molecule has 3 N–H and O–H groups in total. The van der Waals surface area contributed by atoms with Gasteiger partial charge >= 0.3 is 6.09 Å². The van der Waals surface area contributed by atoms with Crippen LogP contribution in [0.25, 0.3) is 0 Å². The molecule has 1 aromatic carbocycles. The van der Waals surface area contributed by atoms with Crippen molar-refractivity contribution in [3.63, 3.8) is 0 Å². The fraction of sp³-hybridized carbons (Fsp3) is 0.579. The normalized spacial score (nSPS) is 16.5. The maximum Gasteiger partial charge on any atom is 0.410 e. The van der Waals surface area contributed by atoms with Crippen LogP contribution in [0.1, 0.15) is 39.4 Å². The molecule has 0 radical (unpaired) electrons. The van der Waals surface area contributed by atoms with Crippen LogP contribution in [0.15, 0.2) is 29.3 Å². The van der Waals surface area contributed by atoms with E-state index in [-0.39, 0.29) is 24.5 Å². The lowest BCUT2D eigenvalue weighted by Crippen LogP contribution is -2.63. The second-order valence-electron chi connectivity index (χ2n) is 7.51. The van der Waals surface area contributed by atoms with Gasteiger partial charge in [-0.25, -0.2) is 9.18 Å². The van der Waals surface area contributed by atoms with Crippen molar-refractivity contribution in [2.75, 3.05) is 26.2 Å². The number of nitrogens with zero attached hydrogens (tertiary/aromatic N) is 2. The number of rotatable bonds is 5. The number of amides is 1. The molecule has 150 valence electrons. The molecule has 1 aliphatic rings. The SMILES string of the molecule is CCNC(=NCC(O)c1ccc(F)cc1)NC1CN(C(=O)OC(C)(C)C)C1. The second kappa shape index (κ2) is 9.03. The number of carbonyl (C=O) groups excluding carboxylic acids is 1. The summed E-state index contributed by atoms with van der Waals surface area (Å²) in [6.45, 7) is 9.32. The zero-order chi connectivity index (χ0) is 20.0. The number of nitrogens with one attached hydrogen (secondary N) is 2. The van der Waals surface area contributed by atoms with Gasteiger partial charge in [0, 0.05) is 19.6 Å². The van der Waals surface area contributed by atoms with Crippen molar-refractivity contribution in [3.8, 4) is 0 Å². The van der Waals surface area contributed by atoms with Gasteiger partial charge < -0.3 is 25.4 Å². The molecule has 1 aromatic rings. The van der Waals surface area contributed by atoms with Gasteiger partial charge in [0.2, 0.25) is 0 Å². The fourth-order valence-electron chi connectivity index (χ4n) is 2.53. The molecule has 0 aliphatic carbocycles. The number of hydrogen-bond acceptors (Lipinski definition) is 4. The first kappa shape index (κ1) is 21.0. The van der Waals surface area contributed by atoms with Crippen LogP contribution < -0.4 is 10.6 Å². The second-order valence-corrected chi connectivity index (χ2v) is 7.51. The first-order valence-corrected chi connectivity index (χ1v) is 9.14. The molecule has 0 spiro atoms. The first-order valence-electron chi connectivity index (χ1n) is 9.14. The maximum atomic E-state index is 13.0. The van der Waals surface area contributed by atoms with Gasteiger partial charge in [-0.2, -0.15) is 0 Å². The minimum Gasteiger partial charge on any atom is -0.444 e. The smallest absolute Gasteiger partial charge is 0.410 e. The minimum atomic E-state index is -0.819. The summed E-state index contributed by atoms with van der Waals surface area (Å²) < 4.78 is 18.3. The van der Waals surface area contributed by atoms with Crippen LogP contribution in [0.3, 0.4) is 0 Å². The molecule has 1 saturated heterocycles. The number of aliphatic hydroxyl groups excluding tert-OH is 1. The van der Waals surface area contributed by atoms with Gasteiger partial charge in [0.25, 0.3) is 0 Å². The summed E-state index contributed by atoms with van der Waals surface area (Å²) in [6, 6.07) is 5.77. The monoisotopic (exact) mass is 380 g/mol. The molecule has 1 aliphatic heterocycles. The lowest BCUT2D eigenvalue weighted by molar-refractivity contribution is 0.00700. The van der Waals surface area contributed by atoms with Crippen LogP contribution in [0.5, 0.6) is 0 Å². The largest absolute Gasteiger partial charge is 0.444 e. The van der Waals surface area contributed by atoms with E-state index in [9.17, 15) is 14.3 Å². The molecule has 1 unspecified atom stereocenters. The molecular formula is C19H29FN4O3. The van der Waals surface area contributed by atoms with Gasteiger partial charge in [-0.3, -0.25) is 4.99 Å². The Morgan fingerprint density at radius 1 is 1.37 bits per heavy atom. The minimum absolute atomic E-state index is 0.0679. The zero-order valence-corrected chi connectivity index (χ0v) is 16.3. The van der Waals surface area contributed by atoms with Crippen molar-refractivity contribution in [2.45, 2.75) is 45.4 Å². The molecule has 1 amide bonds. The summed E-state index contributed by atoms with van der Waals surface area (Å²) in [5, 5.41) is 16.6. The van der Waals surface area contributed by atoms with Crippen LogP contribution in [-0.4, -0.2) is 59.9 Å². The van der Waals surface area contributed by atoms with E-state index in [2.05, 4.69) is 15.6 Å². The molecule has 2 rings (SSSR count). The van der Waals surface area contributed by atoms with E-state index in [1.807, 2.05) is 27.7 Å². The summed E-state index contributed by atoms with van der Waals surface area (Å²) in [7, 11) is 0. The summed E-state index contributed by atoms with van der Waals surface area (Å²) in [6.07, 6.45) is -1.14. The highest BCUT2D eigenvalue weighted by molar-refractivity contribution is 5.80. The third-order valence-electron chi connectivity index (χ3n) is 3.90. The fourth-order valence-corrected chi connectivity index (χ4v) is 2.53. The third kappa shape index (κ3) is 6.71. The van der Waals surface area contributed by atoms with Crippen molar-refractivity contribution in [1.29, 1.82) is 0 Å². The van der Waals surface area contributed by atoms with Crippen molar-refractivity contribution in [1.82, 2.24) is 15.5 Å². The van der Waals surface area contributed by atoms with E-state index in [1.165, 1.54) is 12.1 Å². The van der Waals surface area contributed by atoms with Crippen LogP contribution in [0.4, 0.5) is 9.18 Å². The molecule has 1 heterocycles. The number of guanidine groups is 1. The highest BCUT2D eigenvalue weighted by atomic mass is 19.1. The Kier molecular flexibility index (Phi) is 7.01. The van der Waals surface area contributed by atoms with Gasteiger partial charge in [0.1, 0.15) is 11.4 Å². The molecule has 8 heteroatoms. The quantitative estimate of drug-likeness (QED) is 0.538. The van der Waals surface area contributed by atoms with E-state index in [0.717, 1.165) is 0 Å². The average molecular weight is 380 g/mol. The number of likely N-dealkylation sites (tertiary alicyclic amines) is 1. The molecule has 27 heavy (non-hydrogen) atoms. The highest BCUT2D eigenvalue weighted by Crippen LogP contribution is 2.16. The van der Waals surface area contributed by atoms with Crippen LogP contribution >= 0.6 is 0 Å². The van der Waals surface area contributed by atoms with Crippen LogP contribution in [0.2, 0.25) is 0 Å². The molecule has 1 fully saturated rings. The topological polar surface area (TPSA) is 86.2 Å². The van der Waals surface area contributed by atoms with Crippen molar-refractivity contribution in [2.24, 2.45) is 4.99 Å². The number of carbonyl (C=O) groups is 1. The van der Waals surface area contributed by atoms with Gasteiger partial charge in [-0.15, -0.1) is 0 Å². The van der Waals surface area contributed by atoms with Crippen LogP contribution in [-0.2, 0) is 4.74 Å². The van der Waals surface area contributed by atoms with Gasteiger partial charge in [0.05, 0.1) is 18.7 Å². The van der Waals surface area contributed by atoms with E-state index in [4.69, 9.17) is 4.74 Å². The third-order valence-corrected chi connectivity index (χ3v) is 3.90. The van der Waals surface area contributed by atoms with Crippen LogP contribution in [0, 0.1) is 5.82 Å². The Morgan fingerprint density at radius 3 is 2.56 bits per heavy atom. The van der Waals surface area contributed by atoms with Crippen molar-refractivity contribution < 1.29 is 19.0 Å². The Morgan fingerprint density at radius 2 is 2.00 bits per heavy atom. The van der Waals surface area contributed by atoms with Gasteiger partial charge in [0.15, 0.2) is 5.96 Å². The summed E-state index contributed by atoms with van der Waals surface area (Å²) in [5.41, 5.74) is 0.0957. The van der Waals surface area contributed by atoms with Crippen molar-refractivity contribution in [3.05, 3.63) is 35.6 Å². The maximum absolute atomic E-state index is 13.0. The van der Waals surface area contributed by atoms with E-state index in [1.54, 1.807) is 17.0 Å². The average Bonchev–Trinajstić information content (AvgIpc) is 2.53.